The van der Waals surface area contributed by atoms with Crippen LogP contribution in [0.3, 0.4) is 0 Å². The summed E-state index contributed by atoms with van der Waals surface area (Å²) in [6.45, 7) is 14.4. The van der Waals surface area contributed by atoms with Crippen molar-refractivity contribution in [2.24, 2.45) is 5.41 Å². The van der Waals surface area contributed by atoms with Crippen molar-refractivity contribution in [3.8, 4) is 0 Å². The maximum atomic E-state index is 12.2. The van der Waals surface area contributed by atoms with Gasteiger partial charge in [-0.3, -0.25) is 14.6 Å². The van der Waals surface area contributed by atoms with Crippen molar-refractivity contribution < 1.29 is 14.3 Å². The first-order valence-electron chi connectivity index (χ1n) is 12.1. The van der Waals surface area contributed by atoms with Gasteiger partial charge in [-0.25, -0.2) is 9.78 Å². The average Bonchev–Trinajstić information content (AvgIpc) is 2.79. The van der Waals surface area contributed by atoms with Gasteiger partial charge in [-0.05, 0) is 38.0 Å². The van der Waals surface area contributed by atoms with E-state index in [0.717, 1.165) is 43.9 Å². The van der Waals surface area contributed by atoms with Crippen molar-refractivity contribution in [3.63, 3.8) is 0 Å². The number of hydrogen-bond donors (Lipinski definition) is 1. The summed E-state index contributed by atoms with van der Waals surface area (Å²) in [5, 5.41) is 3.36. The molecule has 0 aliphatic carbocycles. The Morgan fingerprint density at radius 3 is 2.57 bits per heavy atom. The minimum Gasteiger partial charge on any atom is -0.444 e. The average molecular weight is 477 g/mol. The molecule has 1 aromatic heterocycles. The summed E-state index contributed by atoms with van der Waals surface area (Å²) in [6.07, 6.45) is 2.74. The molecular formula is C26H32N6O3. The zero-order valence-corrected chi connectivity index (χ0v) is 20.5. The van der Waals surface area contributed by atoms with E-state index < -0.39 is 0 Å². The van der Waals surface area contributed by atoms with Crippen molar-refractivity contribution in [3.05, 3.63) is 59.8 Å². The lowest BCUT2D eigenvalue weighted by molar-refractivity contribution is -0.154. The van der Waals surface area contributed by atoms with Crippen molar-refractivity contribution in [2.75, 3.05) is 36.4 Å². The van der Waals surface area contributed by atoms with Gasteiger partial charge in [-0.2, -0.15) is 4.98 Å². The Morgan fingerprint density at radius 1 is 1.20 bits per heavy atom. The maximum absolute atomic E-state index is 12.2. The molecule has 2 saturated heterocycles. The maximum Gasteiger partial charge on any atom is 0.416 e. The van der Waals surface area contributed by atoms with E-state index in [9.17, 15) is 9.59 Å². The van der Waals surface area contributed by atoms with Crippen LogP contribution >= 0.6 is 0 Å². The van der Waals surface area contributed by atoms with Crippen molar-refractivity contribution in [2.45, 2.75) is 46.0 Å². The number of likely N-dealkylation sites (tertiary alicyclic amines) is 2. The molecule has 1 atom stereocenters. The van der Waals surface area contributed by atoms with Gasteiger partial charge in [-0.1, -0.05) is 30.8 Å². The minimum absolute atomic E-state index is 0.000719. The summed E-state index contributed by atoms with van der Waals surface area (Å²) in [5.74, 6) is 1.12. The van der Waals surface area contributed by atoms with Crippen LogP contribution in [0.5, 0.6) is 0 Å². The fourth-order valence-electron chi connectivity index (χ4n) is 5.24. The molecule has 1 unspecified atom stereocenters. The van der Waals surface area contributed by atoms with E-state index in [1.807, 2.05) is 18.7 Å². The fourth-order valence-corrected chi connectivity index (χ4v) is 5.24. The Kier molecular flexibility index (Phi) is 5.96. The lowest BCUT2D eigenvalue weighted by atomic mass is 9.72. The van der Waals surface area contributed by atoms with Gasteiger partial charge in [0.2, 0.25) is 11.9 Å². The number of carbonyl (C=O) groups excluding carboxylic acids is 2. The summed E-state index contributed by atoms with van der Waals surface area (Å²) in [6, 6.07) is 8.53. The van der Waals surface area contributed by atoms with Gasteiger partial charge in [0.1, 0.15) is 12.4 Å². The lowest BCUT2D eigenvalue weighted by Gasteiger charge is -2.60. The molecule has 0 saturated carbocycles. The molecule has 9 heteroatoms. The summed E-state index contributed by atoms with van der Waals surface area (Å²) < 4.78 is 5.22. The molecule has 1 spiro atoms. The minimum atomic E-state index is -0.381. The van der Waals surface area contributed by atoms with Crippen LogP contribution in [0.1, 0.15) is 43.5 Å². The highest BCUT2D eigenvalue weighted by molar-refractivity contribution is 5.89. The Bertz CT molecular complexity index is 1130. The number of nitrogens with zero attached hydrogens (tertiary/aromatic N) is 5. The third-order valence-corrected chi connectivity index (χ3v) is 7.02. The van der Waals surface area contributed by atoms with Crippen LogP contribution in [0.2, 0.25) is 0 Å². The fraction of sp³-hybridized carbons (Fsp3) is 0.462. The lowest BCUT2D eigenvalue weighted by Crippen LogP contribution is -2.72. The predicted octanol–water partition coefficient (Wildman–Crippen LogP) is 3.34. The topological polar surface area (TPSA) is 90.9 Å². The summed E-state index contributed by atoms with van der Waals surface area (Å²) in [4.78, 5) is 38.8. The number of cyclic esters (lactones) is 1. The van der Waals surface area contributed by atoms with E-state index in [4.69, 9.17) is 4.74 Å². The van der Waals surface area contributed by atoms with Gasteiger partial charge in [0.25, 0.3) is 0 Å². The van der Waals surface area contributed by atoms with Gasteiger partial charge in [0, 0.05) is 50.4 Å². The normalized spacial score (nSPS) is 19.5. The van der Waals surface area contributed by atoms with Crippen molar-refractivity contribution in [1.29, 1.82) is 0 Å². The van der Waals surface area contributed by atoms with Crippen LogP contribution in [-0.4, -0.2) is 64.0 Å². The molecule has 2 aromatic rings. The van der Waals surface area contributed by atoms with Crippen LogP contribution in [0.4, 0.5) is 16.6 Å². The van der Waals surface area contributed by atoms with Gasteiger partial charge in [0.15, 0.2) is 0 Å². The highest BCUT2D eigenvalue weighted by atomic mass is 16.6. The Balaban J connectivity index is 1.16. The number of ether oxygens (including phenoxy) is 1. The number of benzene rings is 1. The summed E-state index contributed by atoms with van der Waals surface area (Å²) in [7, 11) is 0. The first-order chi connectivity index (χ1) is 16.8. The molecule has 3 aliphatic rings. The molecule has 184 valence electrons. The molecule has 0 bridgehead atoms. The Hall–Kier alpha value is -3.46. The zero-order valence-electron chi connectivity index (χ0n) is 20.5. The Labute approximate surface area is 205 Å². The van der Waals surface area contributed by atoms with E-state index in [2.05, 4.69) is 58.0 Å². The number of amides is 2. The second-order valence-corrected chi connectivity index (χ2v) is 10.2. The highest BCUT2D eigenvalue weighted by Crippen LogP contribution is 2.40. The van der Waals surface area contributed by atoms with E-state index >= 15 is 0 Å². The molecular weight excluding hydrogens is 444 g/mol. The first-order valence-corrected chi connectivity index (χ1v) is 12.1. The number of aromatic nitrogens is 2. The second kappa shape index (κ2) is 8.96. The largest absolute Gasteiger partial charge is 0.444 e. The van der Waals surface area contributed by atoms with Gasteiger partial charge >= 0.3 is 6.09 Å². The molecule has 2 fully saturated rings. The monoisotopic (exact) mass is 476 g/mol. The molecule has 4 heterocycles. The summed E-state index contributed by atoms with van der Waals surface area (Å²) >= 11 is 0. The standard InChI is InChI=1S/C26H32N6O3/c1-5-22(33)31-15-26(16-31)13-30(14-26)11-19-6-8-20(9-7-19)18(4)28-24-27-10-21-12-35-25(34)32(17(2)3)23(21)29-24/h5-10,17-18H,1,11-16H2,2-4H3,(H,27,28,29). The van der Waals surface area contributed by atoms with E-state index in [0.29, 0.717) is 11.8 Å². The molecule has 0 radical (unpaired) electrons. The number of fused-ring (bicyclic) bond motifs is 1. The molecule has 2 amide bonds. The van der Waals surface area contributed by atoms with E-state index in [1.54, 1.807) is 11.1 Å². The van der Waals surface area contributed by atoms with Crippen LogP contribution < -0.4 is 10.2 Å². The molecule has 1 aromatic carbocycles. The van der Waals surface area contributed by atoms with Gasteiger partial charge in [0.05, 0.1) is 11.6 Å². The third kappa shape index (κ3) is 4.48. The number of rotatable bonds is 7. The number of hydrogen-bond acceptors (Lipinski definition) is 7. The molecule has 5 rings (SSSR count). The first kappa shape index (κ1) is 23.3. The van der Waals surface area contributed by atoms with E-state index in [1.165, 1.54) is 11.6 Å². The molecule has 9 nitrogen and oxygen atoms in total. The second-order valence-electron chi connectivity index (χ2n) is 10.2. The number of carbonyl (C=O) groups is 2. The molecule has 3 aliphatic heterocycles. The van der Waals surface area contributed by atoms with Crippen LogP contribution in [0.15, 0.2) is 43.1 Å². The third-order valence-electron chi connectivity index (χ3n) is 7.02. The molecule has 1 N–H and O–H groups in total. The smallest absolute Gasteiger partial charge is 0.416 e. The quantitative estimate of drug-likeness (QED) is 0.613. The van der Waals surface area contributed by atoms with Crippen molar-refractivity contribution >= 4 is 23.8 Å². The van der Waals surface area contributed by atoms with Gasteiger partial charge in [-0.15, -0.1) is 0 Å². The zero-order chi connectivity index (χ0) is 24.7. The summed E-state index contributed by atoms with van der Waals surface area (Å²) in [5.41, 5.74) is 3.49. The Morgan fingerprint density at radius 2 is 1.91 bits per heavy atom. The van der Waals surface area contributed by atoms with Crippen molar-refractivity contribution in [1.82, 2.24) is 19.8 Å². The predicted molar refractivity (Wildman–Crippen MR) is 133 cm³/mol. The van der Waals surface area contributed by atoms with Crippen LogP contribution in [0.25, 0.3) is 0 Å². The number of anilines is 2. The SMILES string of the molecule is C=CC(=O)N1CC2(CN(Cc3ccc(C(C)Nc4ncc5c(n4)N(C(C)C)C(=O)OC5)cc3)C2)C1. The molecule has 35 heavy (non-hydrogen) atoms. The van der Waals surface area contributed by atoms with E-state index in [-0.39, 0.29) is 36.1 Å². The van der Waals surface area contributed by atoms with Gasteiger partial charge < -0.3 is 15.0 Å². The van der Waals surface area contributed by atoms with Crippen LogP contribution in [-0.2, 0) is 22.7 Å². The highest BCUT2D eigenvalue weighted by Gasteiger charge is 2.52. The van der Waals surface area contributed by atoms with Crippen LogP contribution in [0, 0.1) is 5.41 Å². The number of nitrogens with one attached hydrogen (secondary N) is 1.